The molecular formula is C18H15ClN4O2S. The number of anilines is 4. The van der Waals surface area contributed by atoms with Gasteiger partial charge in [-0.2, -0.15) is 4.98 Å². The summed E-state index contributed by atoms with van der Waals surface area (Å²) in [4.78, 5) is 9.35. The highest BCUT2D eigenvalue weighted by atomic mass is 35.5. The number of rotatable bonds is 0. The van der Waals surface area contributed by atoms with Gasteiger partial charge in [0.05, 0.1) is 22.7 Å². The fourth-order valence-corrected chi connectivity index (χ4v) is 3.61. The van der Waals surface area contributed by atoms with Crippen LogP contribution in [0.25, 0.3) is 0 Å². The summed E-state index contributed by atoms with van der Waals surface area (Å²) in [6.07, 6.45) is 1.53. The summed E-state index contributed by atoms with van der Waals surface area (Å²) in [7, 11) is -1.17. The third-order valence-electron chi connectivity index (χ3n) is 3.73. The average Bonchev–Trinajstić information content (AvgIpc) is 2.64. The number of hydrogen-bond acceptors (Lipinski definition) is 6. The van der Waals surface area contributed by atoms with Gasteiger partial charge in [0.15, 0.2) is 5.82 Å². The lowest BCUT2D eigenvalue weighted by Gasteiger charge is -2.11. The Bertz CT molecular complexity index is 983. The molecule has 2 N–H and O–H groups in total. The van der Waals surface area contributed by atoms with Crippen molar-refractivity contribution in [1.82, 2.24) is 9.97 Å². The molecule has 1 aromatic heterocycles. The molecular weight excluding hydrogens is 372 g/mol. The first-order chi connectivity index (χ1) is 12.7. The van der Waals surface area contributed by atoms with Gasteiger partial charge in [0.1, 0.15) is 17.4 Å². The van der Waals surface area contributed by atoms with Crippen molar-refractivity contribution < 1.29 is 8.95 Å². The first-order valence-corrected chi connectivity index (χ1v) is 9.65. The van der Waals surface area contributed by atoms with Crippen LogP contribution >= 0.6 is 11.6 Å². The van der Waals surface area contributed by atoms with Crippen LogP contribution in [0.15, 0.2) is 59.6 Å². The second-order valence-corrected chi connectivity index (χ2v) is 7.57. The van der Waals surface area contributed by atoms with Crippen LogP contribution in [0.4, 0.5) is 23.1 Å². The van der Waals surface area contributed by atoms with E-state index in [-0.39, 0.29) is 0 Å². The maximum Gasteiger partial charge on any atom is 0.229 e. The molecule has 1 unspecified atom stereocenters. The molecule has 3 aromatic rings. The molecule has 4 rings (SSSR count). The largest absolute Gasteiger partial charge is 0.493 e. The van der Waals surface area contributed by atoms with Gasteiger partial charge in [0.25, 0.3) is 0 Å². The van der Waals surface area contributed by atoms with E-state index in [2.05, 4.69) is 20.6 Å². The molecule has 1 aliphatic rings. The Morgan fingerprint density at radius 2 is 1.88 bits per heavy atom. The molecule has 0 saturated carbocycles. The number of benzene rings is 2. The Balaban J connectivity index is 1.77. The van der Waals surface area contributed by atoms with Crippen LogP contribution in [0, 0.1) is 0 Å². The summed E-state index contributed by atoms with van der Waals surface area (Å²) < 4.78 is 18.3. The number of nitrogens with zero attached hydrogens (tertiary/aromatic N) is 2. The summed E-state index contributed by atoms with van der Waals surface area (Å²) in [5, 5.41) is 6.69. The van der Waals surface area contributed by atoms with Crippen LogP contribution in [0.1, 0.15) is 0 Å². The molecule has 26 heavy (non-hydrogen) atoms. The Labute approximate surface area is 158 Å². The second-order valence-electron chi connectivity index (χ2n) is 5.59. The third kappa shape index (κ3) is 3.79. The number of aromatic nitrogens is 2. The van der Waals surface area contributed by atoms with Crippen LogP contribution in [-0.2, 0) is 10.8 Å². The number of halogens is 1. The van der Waals surface area contributed by atoms with Crippen molar-refractivity contribution in [1.29, 1.82) is 0 Å². The lowest BCUT2D eigenvalue weighted by atomic mass is 10.3. The minimum atomic E-state index is -1.17. The van der Waals surface area contributed by atoms with Crippen molar-refractivity contribution in [2.45, 2.75) is 4.90 Å². The fourth-order valence-electron chi connectivity index (χ4n) is 2.51. The molecule has 8 heteroatoms. The van der Waals surface area contributed by atoms with Crippen molar-refractivity contribution >= 4 is 45.5 Å². The van der Waals surface area contributed by atoms with Gasteiger partial charge in [-0.15, -0.1) is 0 Å². The van der Waals surface area contributed by atoms with Crippen molar-refractivity contribution in [2.24, 2.45) is 0 Å². The number of ether oxygens (including phenoxy) is 1. The second kappa shape index (κ2) is 7.31. The van der Waals surface area contributed by atoms with E-state index in [1.54, 1.807) is 0 Å². The smallest absolute Gasteiger partial charge is 0.229 e. The molecule has 6 bridgehead atoms. The zero-order chi connectivity index (χ0) is 17.9. The maximum absolute atomic E-state index is 12.5. The summed E-state index contributed by atoms with van der Waals surface area (Å²) in [6.45, 7) is 0.351. The molecule has 0 aliphatic carbocycles. The molecule has 2 aromatic carbocycles. The van der Waals surface area contributed by atoms with Crippen LogP contribution < -0.4 is 15.4 Å². The van der Waals surface area contributed by atoms with Crippen LogP contribution in [-0.4, -0.2) is 26.5 Å². The quantitative estimate of drug-likeness (QED) is 0.605. The Hall–Kier alpha value is -2.64. The van der Waals surface area contributed by atoms with Gasteiger partial charge in [-0.25, -0.2) is 4.98 Å². The normalized spacial score (nSPS) is 16.3. The van der Waals surface area contributed by atoms with E-state index in [1.807, 2.05) is 48.5 Å². The van der Waals surface area contributed by atoms with Gasteiger partial charge < -0.3 is 15.4 Å². The SMILES string of the molecule is O=S1CCOc2cccc(c2)Nc2ncc(Cl)c(n2)Nc2cccc1c2. The van der Waals surface area contributed by atoms with E-state index >= 15 is 0 Å². The minimum Gasteiger partial charge on any atom is -0.493 e. The molecule has 6 nitrogen and oxygen atoms in total. The van der Waals surface area contributed by atoms with Crippen molar-refractivity contribution in [3.8, 4) is 5.75 Å². The van der Waals surface area contributed by atoms with Crippen LogP contribution in [0.5, 0.6) is 5.75 Å². The van der Waals surface area contributed by atoms with Gasteiger partial charge in [0, 0.05) is 22.3 Å². The fraction of sp³-hybridized carbons (Fsp3) is 0.111. The molecule has 1 aliphatic heterocycles. The van der Waals surface area contributed by atoms with Crippen molar-refractivity contribution in [3.05, 3.63) is 59.8 Å². The lowest BCUT2D eigenvalue weighted by Crippen LogP contribution is -2.09. The van der Waals surface area contributed by atoms with E-state index in [1.165, 1.54) is 6.20 Å². The minimum absolute atomic E-state index is 0.351. The highest BCUT2D eigenvalue weighted by Gasteiger charge is 2.10. The molecule has 132 valence electrons. The molecule has 1 atom stereocenters. The summed E-state index contributed by atoms with van der Waals surface area (Å²) in [5.74, 6) is 1.95. The maximum atomic E-state index is 12.5. The van der Waals surface area contributed by atoms with Gasteiger partial charge in [-0.3, -0.25) is 4.21 Å². The topological polar surface area (TPSA) is 76.1 Å². The van der Waals surface area contributed by atoms with Gasteiger partial charge >= 0.3 is 0 Å². The van der Waals surface area contributed by atoms with Crippen molar-refractivity contribution in [2.75, 3.05) is 23.0 Å². The molecule has 0 fully saturated rings. The molecule has 2 heterocycles. The molecule has 0 radical (unpaired) electrons. The van der Waals surface area contributed by atoms with Gasteiger partial charge in [-0.05, 0) is 30.3 Å². The average molecular weight is 387 g/mol. The number of nitrogens with one attached hydrogen (secondary N) is 2. The lowest BCUT2D eigenvalue weighted by molar-refractivity contribution is 0.343. The zero-order valence-electron chi connectivity index (χ0n) is 13.6. The van der Waals surface area contributed by atoms with E-state index < -0.39 is 10.8 Å². The van der Waals surface area contributed by atoms with Crippen LogP contribution in [0.3, 0.4) is 0 Å². The molecule has 0 spiro atoms. The Kier molecular flexibility index (Phi) is 4.73. The highest BCUT2D eigenvalue weighted by molar-refractivity contribution is 7.85. The standard InChI is InChI=1S/C18H15ClN4O2S/c19-16-11-20-18-22-12-3-1-5-14(9-12)25-7-8-26(24)15-6-2-4-13(10-15)21-17(16)23-18/h1-6,9-11H,7-8H2,(H2,20,21,22,23). The van der Waals surface area contributed by atoms with E-state index in [0.717, 1.165) is 11.4 Å². The van der Waals surface area contributed by atoms with E-state index in [0.29, 0.717) is 39.8 Å². The van der Waals surface area contributed by atoms with E-state index in [9.17, 15) is 4.21 Å². The Morgan fingerprint density at radius 1 is 1.08 bits per heavy atom. The summed E-state index contributed by atoms with van der Waals surface area (Å²) in [6, 6.07) is 14.8. The highest BCUT2D eigenvalue weighted by Crippen LogP contribution is 2.27. The van der Waals surface area contributed by atoms with Crippen LogP contribution in [0.2, 0.25) is 5.02 Å². The predicted molar refractivity (Wildman–Crippen MR) is 103 cm³/mol. The van der Waals surface area contributed by atoms with Crippen molar-refractivity contribution in [3.63, 3.8) is 0 Å². The van der Waals surface area contributed by atoms with E-state index in [4.69, 9.17) is 16.3 Å². The third-order valence-corrected chi connectivity index (χ3v) is 5.33. The first-order valence-electron chi connectivity index (χ1n) is 7.95. The Morgan fingerprint density at radius 3 is 2.77 bits per heavy atom. The summed E-state index contributed by atoms with van der Waals surface area (Å²) in [5.41, 5.74) is 1.53. The zero-order valence-corrected chi connectivity index (χ0v) is 15.2. The molecule has 0 amide bonds. The monoisotopic (exact) mass is 386 g/mol. The number of hydrogen-bond donors (Lipinski definition) is 2. The predicted octanol–water partition coefficient (Wildman–Crippen LogP) is 4.12. The molecule has 0 saturated heterocycles. The summed E-state index contributed by atoms with van der Waals surface area (Å²) >= 11 is 6.22. The first kappa shape index (κ1) is 16.8. The van der Waals surface area contributed by atoms with Gasteiger partial charge in [-0.1, -0.05) is 23.7 Å². The van der Waals surface area contributed by atoms with Gasteiger partial charge in [0.2, 0.25) is 5.95 Å². The number of fused-ring (bicyclic) bond motifs is 6.